The molecule has 2 rings (SSSR count). The van der Waals surface area contributed by atoms with Crippen molar-refractivity contribution >= 4 is 5.95 Å². The Kier molecular flexibility index (Phi) is 3.77. The SMILES string of the molecule is CNc1ncc(-c2ccccc2OC(C)C)cn1. The first-order valence-electron chi connectivity index (χ1n) is 5.96. The lowest BCUT2D eigenvalue weighted by atomic mass is 10.1. The lowest BCUT2D eigenvalue weighted by Gasteiger charge is -2.14. The molecule has 0 amide bonds. The van der Waals surface area contributed by atoms with E-state index >= 15 is 0 Å². The highest BCUT2D eigenvalue weighted by Gasteiger charge is 2.08. The minimum Gasteiger partial charge on any atom is -0.490 e. The van der Waals surface area contributed by atoms with E-state index in [0.29, 0.717) is 5.95 Å². The Hall–Kier alpha value is -2.10. The largest absolute Gasteiger partial charge is 0.490 e. The summed E-state index contributed by atoms with van der Waals surface area (Å²) in [4.78, 5) is 8.43. The van der Waals surface area contributed by atoms with Crippen LogP contribution in [0.4, 0.5) is 5.95 Å². The van der Waals surface area contributed by atoms with E-state index in [1.807, 2.05) is 38.1 Å². The molecule has 0 aliphatic rings. The first-order chi connectivity index (χ1) is 8.70. The van der Waals surface area contributed by atoms with E-state index in [9.17, 15) is 0 Å². The molecule has 1 N–H and O–H groups in total. The van der Waals surface area contributed by atoms with Gasteiger partial charge in [0.2, 0.25) is 5.95 Å². The molecular weight excluding hydrogens is 226 g/mol. The molecule has 2 aromatic rings. The number of ether oxygens (including phenoxy) is 1. The van der Waals surface area contributed by atoms with Crippen LogP contribution in [0.2, 0.25) is 0 Å². The number of hydrogen-bond donors (Lipinski definition) is 1. The number of rotatable bonds is 4. The number of hydrogen-bond acceptors (Lipinski definition) is 4. The molecule has 0 aliphatic carbocycles. The quantitative estimate of drug-likeness (QED) is 0.896. The summed E-state index contributed by atoms with van der Waals surface area (Å²) in [5.74, 6) is 1.47. The zero-order chi connectivity index (χ0) is 13.0. The topological polar surface area (TPSA) is 47.0 Å². The molecule has 0 atom stereocenters. The molecule has 4 heteroatoms. The van der Waals surface area contributed by atoms with Gasteiger partial charge in [-0.2, -0.15) is 0 Å². The maximum Gasteiger partial charge on any atom is 0.222 e. The van der Waals surface area contributed by atoms with E-state index in [0.717, 1.165) is 16.9 Å². The van der Waals surface area contributed by atoms with Gasteiger partial charge in [0.25, 0.3) is 0 Å². The fourth-order valence-electron chi connectivity index (χ4n) is 1.66. The molecule has 18 heavy (non-hydrogen) atoms. The van der Waals surface area contributed by atoms with Gasteiger partial charge in [-0.25, -0.2) is 9.97 Å². The zero-order valence-electron chi connectivity index (χ0n) is 10.8. The highest BCUT2D eigenvalue weighted by atomic mass is 16.5. The van der Waals surface area contributed by atoms with Crippen molar-refractivity contribution in [3.63, 3.8) is 0 Å². The average Bonchev–Trinajstić information content (AvgIpc) is 2.39. The fraction of sp³-hybridized carbons (Fsp3) is 0.286. The Morgan fingerprint density at radius 3 is 2.39 bits per heavy atom. The van der Waals surface area contributed by atoms with Crippen LogP contribution in [0.15, 0.2) is 36.7 Å². The molecule has 94 valence electrons. The second-order valence-corrected chi connectivity index (χ2v) is 4.21. The number of aromatic nitrogens is 2. The number of nitrogens with one attached hydrogen (secondary N) is 1. The van der Waals surface area contributed by atoms with Crippen LogP contribution in [0.25, 0.3) is 11.1 Å². The Morgan fingerprint density at radius 1 is 1.11 bits per heavy atom. The normalized spacial score (nSPS) is 10.4. The molecule has 0 aliphatic heterocycles. The monoisotopic (exact) mass is 243 g/mol. The van der Waals surface area contributed by atoms with Gasteiger partial charge in [-0.1, -0.05) is 18.2 Å². The lowest BCUT2D eigenvalue weighted by Crippen LogP contribution is -2.06. The van der Waals surface area contributed by atoms with Gasteiger partial charge in [0.15, 0.2) is 0 Å². The van der Waals surface area contributed by atoms with Crippen LogP contribution in [0.3, 0.4) is 0 Å². The molecule has 4 nitrogen and oxygen atoms in total. The summed E-state index contributed by atoms with van der Waals surface area (Å²) in [5.41, 5.74) is 1.96. The van der Waals surface area contributed by atoms with Crippen molar-refractivity contribution in [3.8, 4) is 16.9 Å². The predicted molar refractivity (Wildman–Crippen MR) is 72.8 cm³/mol. The third-order valence-electron chi connectivity index (χ3n) is 2.44. The summed E-state index contributed by atoms with van der Waals surface area (Å²) < 4.78 is 5.79. The van der Waals surface area contributed by atoms with Gasteiger partial charge in [0.05, 0.1) is 6.10 Å². The molecule has 0 bridgehead atoms. The summed E-state index contributed by atoms with van der Waals surface area (Å²) in [5, 5.41) is 2.90. The van der Waals surface area contributed by atoms with Gasteiger partial charge in [-0.15, -0.1) is 0 Å². The van der Waals surface area contributed by atoms with E-state index in [4.69, 9.17) is 4.74 Å². The van der Waals surface area contributed by atoms with Crippen LogP contribution < -0.4 is 10.1 Å². The second-order valence-electron chi connectivity index (χ2n) is 4.21. The van der Waals surface area contributed by atoms with Crippen molar-refractivity contribution in [2.75, 3.05) is 12.4 Å². The number of anilines is 1. The van der Waals surface area contributed by atoms with Gasteiger partial charge in [0.1, 0.15) is 5.75 Å². The summed E-state index contributed by atoms with van der Waals surface area (Å²) in [6.45, 7) is 4.02. The Bertz CT molecular complexity index is 509. The van der Waals surface area contributed by atoms with E-state index in [-0.39, 0.29) is 6.10 Å². The van der Waals surface area contributed by atoms with Crippen molar-refractivity contribution in [3.05, 3.63) is 36.7 Å². The van der Waals surface area contributed by atoms with Crippen molar-refractivity contribution in [2.24, 2.45) is 0 Å². The fourth-order valence-corrected chi connectivity index (χ4v) is 1.66. The molecule has 1 heterocycles. The number of nitrogens with zero attached hydrogens (tertiary/aromatic N) is 2. The molecule has 0 unspecified atom stereocenters. The van der Waals surface area contributed by atoms with Crippen LogP contribution in [-0.4, -0.2) is 23.1 Å². The molecule has 0 fully saturated rings. The van der Waals surface area contributed by atoms with E-state index < -0.39 is 0 Å². The number of para-hydroxylation sites is 1. The Morgan fingerprint density at radius 2 is 1.78 bits per heavy atom. The molecule has 0 saturated heterocycles. The van der Waals surface area contributed by atoms with E-state index in [2.05, 4.69) is 15.3 Å². The standard InChI is InChI=1S/C14H17N3O/c1-10(2)18-13-7-5-4-6-12(13)11-8-16-14(15-3)17-9-11/h4-10H,1-3H3,(H,15,16,17). The maximum absolute atomic E-state index is 5.79. The van der Waals surface area contributed by atoms with Gasteiger partial charge in [-0.05, 0) is 19.9 Å². The van der Waals surface area contributed by atoms with Crippen LogP contribution in [0, 0.1) is 0 Å². The smallest absolute Gasteiger partial charge is 0.222 e. The van der Waals surface area contributed by atoms with E-state index in [1.54, 1.807) is 19.4 Å². The van der Waals surface area contributed by atoms with Crippen LogP contribution >= 0.6 is 0 Å². The molecule has 1 aromatic carbocycles. The molecule has 0 radical (unpaired) electrons. The van der Waals surface area contributed by atoms with Crippen LogP contribution in [0.5, 0.6) is 5.75 Å². The molecule has 0 spiro atoms. The molecule has 1 aromatic heterocycles. The highest BCUT2D eigenvalue weighted by Crippen LogP contribution is 2.29. The highest BCUT2D eigenvalue weighted by molar-refractivity contribution is 5.69. The first kappa shape index (κ1) is 12.4. The number of benzene rings is 1. The van der Waals surface area contributed by atoms with E-state index in [1.165, 1.54) is 0 Å². The summed E-state index contributed by atoms with van der Waals surface area (Å²) in [6, 6.07) is 7.91. The lowest BCUT2D eigenvalue weighted by molar-refractivity contribution is 0.243. The Labute approximate surface area is 107 Å². The third-order valence-corrected chi connectivity index (χ3v) is 2.44. The van der Waals surface area contributed by atoms with Gasteiger partial charge in [-0.3, -0.25) is 0 Å². The van der Waals surface area contributed by atoms with Crippen molar-refractivity contribution in [2.45, 2.75) is 20.0 Å². The van der Waals surface area contributed by atoms with Crippen molar-refractivity contribution in [1.82, 2.24) is 9.97 Å². The summed E-state index contributed by atoms with van der Waals surface area (Å²) in [7, 11) is 1.80. The van der Waals surface area contributed by atoms with Crippen LogP contribution in [-0.2, 0) is 0 Å². The molecular formula is C14H17N3O. The zero-order valence-corrected chi connectivity index (χ0v) is 10.8. The van der Waals surface area contributed by atoms with Crippen molar-refractivity contribution in [1.29, 1.82) is 0 Å². The molecule has 0 saturated carbocycles. The first-order valence-corrected chi connectivity index (χ1v) is 5.96. The van der Waals surface area contributed by atoms with Gasteiger partial charge >= 0.3 is 0 Å². The minimum absolute atomic E-state index is 0.142. The third kappa shape index (κ3) is 2.77. The van der Waals surface area contributed by atoms with Gasteiger partial charge in [0, 0.05) is 30.6 Å². The minimum atomic E-state index is 0.142. The van der Waals surface area contributed by atoms with Crippen molar-refractivity contribution < 1.29 is 4.74 Å². The Balaban J connectivity index is 2.36. The second kappa shape index (κ2) is 5.49. The summed E-state index contributed by atoms with van der Waals surface area (Å²) in [6.07, 6.45) is 3.73. The van der Waals surface area contributed by atoms with Crippen LogP contribution in [0.1, 0.15) is 13.8 Å². The predicted octanol–water partition coefficient (Wildman–Crippen LogP) is 2.97. The van der Waals surface area contributed by atoms with Gasteiger partial charge < -0.3 is 10.1 Å². The summed E-state index contributed by atoms with van der Waals surface area (Å²) >= 11 is 0. The maximum atomic E-state index is 5.79. The average molecular weight is 243 g/mol.